The van der Waals surface area contributed by atoms with Gasteiger partial charge in [0.15, 0.2) is 0 Å². The Morgan fingerprint density at radius 3 is 2.74 bits per heavy atom. The highest BCUT2D eigenvalue weighted by Gasteiger charge is 2.31. The van der Waals surface area contributed by atoms with E-state index in [1.807, 2.05) is 49.1 Å². The van der Waals surface area contributed by atoms with Gasteiger partial charge in [-0.25, -0.2) is 0 Å². The van der Waals surface area contributed by atoms with Gasteiger partial charge in [0.25, 0.3) is 0 Å². The summed E-state index contributed by atoms with van der Waals surface area (Å²) in [6, 6.07) is 8.06. The second-order valence-electron chi connectivity index (χ2n) is 5.22. The SMILES string of the molecule is C=CC1CC(=O)N(C(C)COc2ccc(C)cc2)C1. The third-order valence-electron chi connectivity index (χ3n) is 3.57. The summed E-state index contributed by atoms with van der Waals surface area (Å²) in [6.45, 7) is 9.13. The molecule has 1 aliphatic heterocycles. The fraction of sp³-hybridized carbons (Fsp3) is 0.438. The van der Waals surface area contributed by atoms with Gasteiger partial charge in [-0.1, -0.05) is 23.8 Å². The Labute approximate surface area is 114 Å². The van der Waals surface area contributed by atoms with Crippen molar-refractivity contribution >= 4 is 5.91 Å². The molecule has 0 radical (unpaired) electrons. The number of hydrogen-bond donors (Lipinski definition) is 0. The number of ether oxygens (including phenoxy) is 1. The van der Waals surface area contributed by atoms with Crippen LogP contribution >= 0.6 is 0 Å². The van der Waals surface area contributed by atoms with E-state index >= 15 is 0 Å². The number of benzene rings is 1. The topological polar surface area (TPSA) is 29.5 Å². The lowest BCUT2D eigenvalue weighted by Crippen LogP contribution is -2.38. The Morgan fingerprint density at radius 2 is 2.16 bits per heavy atom. The van der Waals surface area contributed by atoms with Crippen LogP contribution in [0, 0.1) is 12.8 Å². The number of hydrogen-bond acceptors (Lipinski definition) is 2. The van der Waals surface area contributed by atoms with Gasteiger partial charge in [-0.3, -0.25) is 4.79 Å². The number of aryl methyl sites for hydroxylation is 1. The number of nitrogens with zero attached hydrogens (tertiary/aromatic N) is 1. The minimum atomic E-state index is 0.0961. The molecule has 102 valence electrons. The van der Waals surface area contributed by atoms with Crippen LogP contribution in [0.4, 0.5) is 0 Å². The van der Waals surface area contributed by atoms with Crippen LogP contribution in [0.1, 0.15) is 18.9 Å². The van der Waals surface area contributed by atoms with Gasteiger partial charge in [0.05, 0.1) is 6.04 Å². The van der Waals surface area contributed by atoms with Gasteiger partial charge in [0.1, 0.15) is 12.4 Å². The largest absolute Gasteiger partial charge is 0.491 e. The maximum absolute atomic E-state index is 11.9. The smallest absolute Gasteiger partial charge is 0.223 e. The van der Waals surface area contributed by atoms with Gasteiger partial charge in [-0.05, 0) is 26.0 Å². The Bertz CT molecular complexity index is 452. The van der Waals surface area contributed by atoms with Crippen molar-refractivity contribution in [3.8, 4) is 5.75 Å². The number of rotatable bonds is 5. The molecule has 1 fully saturated rings. The summed E-state index contributed by atoms with van der Waals surface area (Å²) in [5.74, 6) is 1.34. The minimum absolute atomic E-state index is 0.0961. The lowest BCUT2D eigenvalue weighted by Gasteiger charge is -2.24. The van der Waals surface area contributed by atoms with Crippen LogP contribution in [0.15, 0.2) is 36.9 Å². The molecule has 2 atom stereocenters. The second kappa shape index (κ2) is 5.91. The summed E-state index contributed by atoms with van der Waals surface area (Å²) in [4.78, 5) is 13.8. The molecule has 1 amide bonds. The average Bonchev–Trinajstić information content (AvgIpc) is 2.79. The Kier molecular flexibility index (Phi) is 4.25. The van der Waals surface area contributed by atoms with Gasteiger partial charge in [0.2, 0.25) is 5.91 Å². The lowest BCUT2D eigenvalue weighted by molar-refractivity contribution is -0.129. The van der Waals surface area contributed by atoms with E-state index in [0.717, 1.165) is 12.3 Å². The summed E-state index contributed by atoms with van der Waals surface area (Å²) in [7, 11) is 0. The summed E-state index contributed by atoms with van der Waals surface area (Å²) >= 11 is 0. The first-order valence-electron chi connectivity index (χ1n) is 6.71. The number of carbonyl (C=O) groups excluding carboxylic acids is 1. The molecule has 0 saturated carbocycles. The molecule has 1 aliphatic rings. The number of amides is 1. The molecule has 1 saturated heterocycles. The van der Waals surface area contributed by atoms with Crippen LogP contribution in [0.25, 0.3) is 0 Å². The van der Waals surface area contributed by atoms with Gasteiger partial charge in [-0.2, -0.15) is 0 Å². The summed E-state index contributed by atoms with van der Waals surface area (Å²) < 4.78 is 5.73. The molecular weight excluding hydrogens is 238 g/mol. The highest BCUT2D eigenvalue weighted by atomic mass is 16.5. The van der Waals surface area contributed by atoms with Gasteiger partial charge in [-0.15, -0.1) is 6.58 Å². The van der Waals surface area contributed by atoms with Crippen molar-refractivity contribution in [3.05, 3.63) is 42.5 Å². The van der Waals surface area contributed by atoms with E-state index in [2.05, 4.69) is 6.58 Å². The number of likely N-dealkylation sites (tertiary alicyclic amines) is 1. The Balaban J connectivity index is 1.87. The predicted octanol–water partition coefficient (Wildman–Crippen LogP) is 2.80. The summed E-state index contributed by atoms with van der Waals surface area (Å²) in [6.07, 6.45) is 2.45. The van der Waals surface area contributed by atoms with Crippen LogP contribution in [0.5, 0.6) is 5.75 Å². The minimum Gasteiger partial charge on any atom is -0.491 e. The quantitative estimate of drug-likeness (QED) is 0.761. The number of carbonyl (C=O) groups is 1. The molecule has 0 bridgehead atoms. The lowest BCUT2D eigenvalue weighted by atomic mass is 10.1. The maximum Gasteiger partial charge on any atom is 0.223 e. The molecule has 1 heterocycles. The fourth-order valence-electron chi connectivity index (χ4n) is 2.29. The average molecular weight is 259 g/mol. The molecule has 2 rings (SSSR count). The monoisotopic (exact) mass is 259 g/mol. The van der Waals surface area contributed by atoms with Crippen LogP contribution in [-0.2, 0) is 4.79 Å². The van der Waals surface area contributed by atoms with Gasteiger partial charge in [0, 0.05) is 18.9 Å². The molecule has 19 heavy (non-hydrogen) atoms. The van der Waals surface area contributed by atoms with E-state index in [0.29, 0.717) is 13.0 Å². The van der Waals surface area contributed by atoms with Crippen LogP contribution in [0.3, 0.4) is 0 Å². The summed E-state index contributed by atoms with van der Waals surface area (Å²) in [5, 5.41) is 0. The van der Waals surface area contributed by atoms with Crippen molar-refractivity contribution in [1.29, 1.82) is 0 Å². The van der Waals surface area contributed by atoms with Crippen molar-refractivity contribution in [2.24, 2.45) is 5.92 Å². The predicted molar refractivity (Wildman–Crippen MR) is 76.2 cm³/mol. The molecule has 2 unspecified atom stereocenters. The molecule has 3 nitrogen and oxygen atoms in total. The maximum atomic E-state index is 11.9. The Hall–Kier alpha value is -1.77. The van der Waals surface area contributed by atoms with Crippen molar-refractivity contribution in [2.45, 2.75) is 26.3 Å². The standard InChI is InChI=1S/C16H21NO2/c1-4-14-9-16(18)17(10-14)13(3)11-19-15-7-5-12(2)6-8-15/h4-8,13-14H,1,9-11H2,2-3H3. The van der Waals surface area contributed by atoms with Crippen LogP contribution in [-0.4, -0.2) is 30.0 Å². The zero-order valence-corrected chi connectivity index (χ0v) is 11.6. The Morgan fingerprint density at radius 1 is 1.47 bits per heavy atom. The first-order valence-corrected chi connectivity index (χ1v) is 6.71. The van der Waals surface area contributed by atoms with Gasteiger partial charge >= 0.3 is 0 Å². The molecule has 0 aliphatic carbocycles. The fourth-order valence-corrected chi connectivity index (χ4v) is 2.29. The van der Waals surface area contributed by atoms with E-state index in [1.54, 1.807) is 0 Å². The molecule has 0 N–H and O–H groups in total. The summed E-state index contributed by atoms with van der Waals surface area (Å²) in [5.41, 5.74) is 1.21. The normalized spacial score (nSPS) is 20.4. The third-order valence-corrected chi connectivity index (χ3v) is 3.57. The molecule has 0 aromatic heterocycles. The third kappa shape index (κ3) is 3.37. The molecule has 1 aromatic rings. The zero-order valence-electron chi connectivity index (χ0n) is 11.6. The van der Waals surface area contributed by atoms with Crippen LogP contribution in [0.2, 0.25) is 0 Å². The first-order chi connectivity index (χ1) is 9.10. The van der Waals surface area contributed by atoms with Crippen LogP contribution < -0.4 is 4.74 Å². The molecule has 0 spiro atoms. The van der Waals surface area contributed by atoms with E-state index in [4.69, 9.17) is 4.74 Å². The van der Waals surface area contributed by atoms with Crippen molar-refractivity contribution < 1.29 is 9.53 Å². The van der Waals surface area contributed by atoms with E-state index in [-0.39, 0.29) is 17.9 Å². The second-order valence-corrected chi connectivity index (χ2v) is 5.22. The van der Waals surface area contributed by atoms with E-state index < -0.39 is 0 Å². The van der Waals surface area contributed by atoms with Gasteiger partial charge < -0.3 is 9.64 Å². The van der Waals surface area contributed by atoms with Crippen molar-refractivity contribution in [1.82, 2.24) is 4.90 Å². The molecule has 3 heteroatoms. The first kappa shape index (κ1) is 13.7. The van der Waals surface area contributed by atoms with Crippen molar-refractivity contribution in [2.75, 3.05) is 13.2 Å². The highest BCUT2D eigenvalue weighted by molar-refractivity contribution is 5.79. The van der Waals surface area contributed by atoms with Crippen molar-refractivity contribution in [3.63, 3.8) is 0 Å². The molecule has 1 aromatic carbocycles. The van der Waals surface area contributed by atoms with E-state index in [9.17, 15) is 4.79 Å². The van der Waals surface area contributed by atoms with E-state index in [1.165, 1.54) is 5.56 Å². The zero-order chi connectivity index (χ0) is 13.8. The molecular formula is C16H21NO2. The highest BCUT2D eigenvalue weighted by Crippen LogP contribution is 2.21.